The molecule has 2 aromatic carbocycles. The van der Waals surface area contributed by atoms with Crippen LogP contribution < -0.4 is 10.1 Å². The highest BCUT2D eigenvalue weighted by molar-refractivity contribution is 7.89. The topological polar surface area (TPSA) is 75.7 Å². The number of rotatable bonds is 10. The van der Waals surface area contributed by atoms with E-state index in [1.165, 1.54) is 4.31 Å². The number of aryl methyl sites for hydroxylation is 1. The van der Waals surface area contributed by atoms with Crippen molar-refractivity contribution in [1.82, 2.24) is 9.62 Å². The quantitative estimate of drug-likeness (QED) is 0.660. The van der Waals surface area contributed by atoms with Crippen molar-refractivity contribution in [1.29, 1.82) is 0 Å². The molecule has 0 aliphatic carbocycles. The van der Waals surface area contributed by atoms with E-state index >= 15 is 0 Å². The number of nitrogens with one attached hydrogen (secondary N) is 1. The maximum Gasteiger partial charge on any atom is 0.243 e. The summed E-state index contributed by atoms with van der Waals surface area (Å²) in [6, 6.07) is 14.3. The molecule has 1 amide bonds. The Morgan fingerprint density at radius 3 is 2.18 bits per heavy atom. The van der Waals surface area contributed by atoms with Crippen molar-refractivity contribution in [2.75, 3.05) is 19.7 Å². The van der Waals surface area contributed by atoms with Gasteiger partial charge in [0.05, 0.1) is 17.9 Å². The van der Waals surface area contributed by atoms with Crippen LogP contribution in [0.5, 0.6) is 5.75 Å². The molecule has 6 nitrogen and oxygen atoms in total. The molecule has 1 N–H and O–H groups in total. The summed E-state index contributed by atoms with van der Waals surface area (Å²) in [5.74, 6) is 0.621. The second-order valence-electron chi connectivity index (χ2n) is 6.42. The van der Waals surface area contributed by atoms with Gasteiger partial charge in [0.25, 0.3) is 0 Å². The lowest BCUT2D eigenvalue weighted by atomic mass is 10.2. The molecule has 0 fully saturated rings. The largest absolute Gasteiger partial charge is 0.493 e. The molecule has 0 unspecified atom stereocenters. The van der Waals surface area contributed by atoms with E-state index in [0.29, 0.717) is 26.2 Å². The Hall–Kier alpha value is -2.38. The van der Waals surface area contributed by atoms with Gasteiger partial charge in [-0.25, -0.2) is 8.42 Å². The molecule has 152 valence electrons. The molecule has 0 saturated carbocycles. The number of hydrogen-bond acceptors (Lipinski definition) is 4. The summed E-state index contributed by atoms with van der Waals surface area (Å²) in [5.41, 5.74) is 1.99. The standard InChI is InChI=1S/C21H28N2O4S/c1-4-23(5-2)28(25,26)20-12-8-18(9-13-20)16-22-21(24)14-15-27-19-10-6-17(3)7-11-19/h6-13H,4-5,14-16H2,1-3H3,(H,22,24). The SMILES string of the molecule is CCN(CC)S(=O)(=O)c1ccc(CNC(=O)CCOc2ccc(C)cc2)cc1. The predicted molar refractivity (Wildman–Crippen MR) is 110 cm³/mol. The first-order valence-electron chi connectivity index (χ1n) is 9.42. The Morgan fingerprint density at radius 1 is 1.00 bits per heavy atom. The minimum absolute atomic E-state index is 0.119. The summed E-state index contributed by atoms with van der Waals surface area (Å²) in [7, 11) is -3.46. The smallest absolute Gasteiger partial charge is 0.243 e. The van der Waals surface area contributed by atoms with Crippen molar-refractivity contribution in [3.63, 3.8) is 0 Å². The van der Waals surface area contributed by atoms with Crippen LogP contribution in [0.2, 0.25) is 0 Å². The second kappa shape index (κ2) is 10.2. The zero-order chi connectivity index (χ0) is 20.6. The van der Waals surface area contributed by atoms with Crippen molar-refractivity contribution in [3.05, 3.63) is 59.7 Å². The van der Waals surface area contributed by atoms with E-state index in [9.17, 15) is 13.2 Å². The highest BCUT2D eigenvalue weighted by atomic mass is 32.2. The van der Waals surface area contributed by atoms with E-state index in [2.05, 4.69) is 5.32 Å². The first-order valence-corrected chi connectivity index (χ1v) is 10.9. The first-order chi connectivity index (χ1) is 13.4. The minimum atomic E-state index is -3.46. The van der Waals surface area contributed by atoms with Gasteiger partial charge in [-0.1, -0.05) is 43.7 Å². The van der Waals surface area contributed by atoms with Gasteiger partial charge in [-0.3, -0.25) is 4.79 Å². The summed E-state index contributed by atoms with van der Waals surface area (Å²) in [4.78, 5) is 12.2. The number of carbonyl (C=O) groups is 1. The van der Waals surface area contributed by atoms with Gasteiger partial charge < -0.3 is 10.1 Å². The van der Waals surface area contributed by atoms with E-state index in [1.54, 1.807) is 24.3 Å². The van der Waals surface area contributed by atoms with Crippen molar-refractivity contribution >= 4 is 15.9 Å². The van der Waals surface area contributed by atoms with Gasteiger partial charge in [-0.05, 0) is 36.8 Å². The number of benzene rings is 2. The third-order valence-corrected chi connectivity index (χ3v) is 6.44. The molecule has 2 aromatic rings. The van der Waals surface area contributed by atoms with Crippen LogP contribution in [0.1, 0.15) is 31.4 Å². The summed E-state index contributed by atoms with van der Waals surface area (Å²) < 4.78 is 31.9. The number of ether oxygens (including phenoxy) is 1. The van der Waals surface area contributed by atoms with Gasteiger partial charge >= 0.3 is 0 Å². The molecule has 0 bridgehead atoms. The van der Waals surface area contributed by atoms with Gasteiger partial charge in [-0.15, -0.1) is 0 Å². The maximum atomic E-state index is 12.5. The fourth-order valence-corrected chi connectivity index (χ4v) is 4.13. The Balaban J connectivity index is 1.80. The molecule has 0 radical (unpaired) electrons. The van der Waals surface area contributed by atoms with Crippen LogP contribution in [0, 0.1) is 6.92 Å². The van der Waals surface area contributed by atoms with Crippen LogP contribution in [-0.2, 0) is 21.4 Å². The monoisotopic (exact) mass is 404 g/mol. The number of nitrogens with zero attached hydrogens (tertiary/aromatic N) is 1. The fourth-order valence-electron chi connectivity index (χ4n) is 2.68. The van der Waals surface area contributed by atoms with Crippen molar-refractivity contribution in [2.45, 2.75) is 38.6 Å². The summed E-state index contributed by atoms with van der Waals surface area (Å²) in [6.45, 7) is 7.14. The Morgan fingerprint density at radius 2 is 1.61 bits per heavy atom. The van der Waals surface area contributed by atoms with Crippen LogP contribution in [0.3, 0.4) is 0 Å². The second-order valence-corrected chi connectivity index (χ2v) is 8.36. The molecule has 0 heterocycles. The minimum Gasteiger partial charge on any atom is -0.493 e. The predicted octanol–water partition coefficient (Wildman–Crippen LogP) is 3.11. The van der Waals surface area contributed by atoms with Crippen LogP contribution in [0.4, 0.5) is 0 Å². The van der Waals surface area contributed by atoms with Crippen LogP contribution in [0.25, 0.3) is 0 Å². The normalized spacial score (nSPS) is 11.4. The lowest BCUT2D eigenvalue weighted by molar-refractivity contribution is -0.121. The molecule has 0 aliphatic rings. The maximum absolute atomic E-state index is 12.5. The average molecular weight is 405 g/mol. The van der Waals surface area contributed by atoms with Crippen LogP contribution >= 0.6 is 0 Å². The van der Waals surface area contributed by atoms with Crippen LogP contribution in [0.15, 0.2) is 53.4 Å². The van der Waals surface area contributed by atoms with E-state index in [4.69, 9.17) is 4.74 Å². The molecular weight excluding hydrogens is 376 g/mol. The van der Waals surface area contributed by atoms with Gasteiger partial charge in [0.2, 0.25) is 15.9 Å². The molecule has 0 aliphatic heterocycles. The van der Waals surface area contributed by atoms with E-state index in [1.807, 2.05) is 45.0 Å². The summed E-state index contributed by atoms with van der Waals surface area (Å²) in [6.07, 6.45) is 0.252. The number of carbonyl (C=O) groups excluding carboxylic acids is 1. The van der Waals surface area contributed by atoms with Crippen LogP contribution in [-0.4, -0.2) is 38.3 Å². The Labute approximate surface area is 167 Å². The summed E-state index contributed by atoms with van der Waals surface area (Å²) in [5, 5.41) is 2.82. The lowest BCUT2D eigenvalue weighted by Gasteiger charge is -2.18. The van der Waals surface area contributed by atoms with Crippen molar-refractivity contribution < 1.29 is 17.9 Å². The molecule has 0 aromatic heterocycles. The van der Waals surface area contributed by atoms with E-state index in [-0.39, 0.29) is 17.2 Å². The van der Waals surface area contributed by atoms with E-state index < -0.39 is 10.0 Å². The van der Waals surface area contributed by atoms with Gasteiger partial charge in [0, 0.05) is 19.6 Å². The van der Waals surface area contributed by atoms with E-state index in [0.717, 1.165) is 16.9 Å². The summed E-state index contributed by atoms with van der Waals surface area (Å²) >= 11 is 0. The lowest BCUT2D eigenvalue weighted by Crippen LogP contribution is -2.30. The number of hydrogen-bond donors (Lipinski definition) is 1. The van der Waals surface area contributed by atoms with Crippen molar-refractivity contribution in [2.24, 2.45) is 0 Å². The number of sulfonamides is 1. The molecule has 0 spiro atoms. The third kappa shape index (κ3) is 6.07. The zero-order valence-electron chi connectivity index (χ0n) is 16.6. The fraction of sp³-hybridized carbons (Fsp3) is 0.381. The molecular formula is C21H28N2O4S. The number of amides is 1. The molecule has 2 rings (SSSR count). The van der Waals surface area contributed by atoms with Crippen molar-refractivity contribution in [3.8, 4) is 5.75 Å². The highest BCUT2D eigenvalue weighted by Gasteiger charge is 2.21. The van der Waals surface area contributed by atoms with Gasteiger partial charge in [-0.2, -0.15) is 4.31 Å². The average Bonchev–Trinajstić information content (AvgIpc) is 2.69. The Bertz CT molecular complexity index is 858. The Kier molecular flexibility index (Phi) is 8.02. The zero-order valence-corrected chi connectivity index (χ0v) is 17.5. The third-order valence-electron chi connectivity index (χ3n) is 4.38. The molecule has 0 atom stereocenters. The molecule has 28 heavy (non-hydrogen) atoms. The molecule has 0 saturated heterocycles. The van der Waals surface area contributed by atoms with Gasteiger partial charge in [0.1, 0.15) is 5.75 Å². The van der Waals surface area contributed by atoms with Gasteiger partial charge in [0.15, 0.2) is 0 Å². The first kappa shape index (κ1) is 21.9. The highest BCUT2D eigenvalue weighted by Crippen LogP contribution is 2.16. The molecule has 7 heteroatoms.